The number of fused-ring (bicyclic) bond motifs is 2. The lowest BCUT2D eigenvalue weighted by Gasteiger charge is -2.42. The summed E-state index contributed by atoms with van der Waals surface area (Å²) in [6.07, 6.45) is 16.5. The van der Waals surface area contributed by atoms with Gasteiger partial charge in [0, 0.05) is 0 Å². The van der Waals surface area contributed by atoms with E-state index in [4.69, 9.17) is 0 Å². The highest BCUT2D eigenvalue weighted by atomic mass is 19.2. The molecule has 5 unspecified atom stereocenters. The largest absolute Gasteiger partial charge is 0.203 e. The monoisotopic (exact) mass is 402 g/mol. The fraction of sp³-hybridized carbons (Fsp3) is 0.778. The number of aryl methyl sites for hydroxylation is 1. The van der Waals surface area contributed by atoms with E-state index >= 15 is 8.78 Å². The quantitative estimate of drug-likeness (QED) is 0.448. The highest BCUT2D eigenvalue weighted by Gasteiger charge is 2.37. The van der Waals surface area contributed by atoms with Crippen molar-refractivity contribution in [2.45, 2.75) is 110 Å². The molecule has 3 aliphatic rings. The molecule has 29 heavy (non-hydrogen) atoms. The van der Waals surface area contributed by atoms with Crippen LogP contribution in [0.25, 0.3) is 0 Å². The summed E-state index contributed by atoms with van der Waals surface area (Å²) in [5.74, 6) is 2.23. The topological polar surface area (TPSA) is 0 Å². The van der Waals surface area contributed by atoms with Crippen LogP contribution in [0.15, 0.2) is 6.07 Å². The number of rotatable bonds is 6. The minimum Gasteiger partial charge on any atom is -0.203 e. The SMILES string of the molecule is CCCCC1CCC2CC(c3cc4c(c(F)c3F)CC(CCC)CC4)CCC2C1. The van der Waals surface area contributed by atoms with Crippen LogP contribution in [0.5, 0.6) is 0 Å². The molecular formula is C27H40F2. The van der Waals surface area contributed by atoms with Crippen LogP contribution in [0.3, 0.4) is 0 Å². The Balaban J connectivity index is 1.46. The summed E-state index contributed by atoms with van der Waals surface area (Å²) in [7, 11) is 0. The Labute approximate surface area is 176 Å². The Kier molecular flexibility index (Phi) is 6.97. The molecule has 0 heterocycles. The van der Waals surface area contributed by atoms with E-state index in [1.54, 1.807) is 0 Å². The van der Waals surface area contributed by atoms with Gasteiger partial charge in [-0.15, -0.1) is 0 Å². The second-order valence-electron chi connectivity index (χ2n) is 10.5. The molecule has 2 fully saturated rings. The second kappa shape index (κ2) is 9.48. The van der Waals surface area contributed by atoms with Gasteiger partial charge in [-0.05, 0) is 97.6 Å². The van der Waals surface area contributed by atoms with E-state index in [9.17, 15) is 0 Å². The molecular weight excluding hydrogens is 362 g/mol. The fourth-order valence-corrected chi connectivity index (χ4v) is 6.91. The third kappa shape index (κ3) is 4.57. The van der Waals surface area contributed by atoms with E-state index < -0.39 is 11.6 Å². The van der Waals surface area contributed by atoms with Gasteiger partial charge in [-0.2, -0.15) is 0 Å². The highest BCUT2D eigenvalue weighted by Crippen LogP contribution is 2.49. The molecule has 5 atom stereocenters. The van der Waals surface area contributed by atoms with E-state index in [2.05, 4.69) is 19.9 Å². The first-order valence-electron chi connectivity index (χ1n) is 12.6. The molecule has 0 aliphatic heterocycles. The summed E-state index contributed by atoms with van der Waals surface area (Å²) in [6.45, 7) is 4.47. The lowest BCUT2D eigenvalue weighted by molar-refractivity contribution is 0.112. The maximum atomic E-state index is 15.1. The van der Waals surface area contributed by atoms with Crippen LogP contribution >= 0.6 is 0 Å². The molecule has 4 rings (SSSR count). The zero-order valence-corrected chi connectivity index (χ0v) is 18.6. The molecule has 1 aromatic carbocycles. The van der Waals surface area contributed by atoms with E-state index in [0.29, 0.717) is 17.0 Å². The molecule has 3 aliphatic carbocycles. The maximum Gasteiger partial charge on any atom is 0.162 e. The molecule has 0 saturated heterocycles. The van der Waals surface area contributed by atoms with E-state index in [0.717, 1.165) is 68.3 Å². The van der Waals surface area contributed by atoms with E-state index in [1.807, 2.05) is 0 Å². The lowest BCUT2D eigenvalue weighted by Crippen LogP contribution is -2.31. The highest BCUT2D eigenvalue weighted by molar-refractivity contribution is 5.38. The first-order valence-corrected chi connectivity index (χ1v) is 12.6. The van der Waals surface area contributed by atoms with Crippen LogP contribution in [-0.4, -0.2) is 0 Å². The third-order valence-corrected chi connectivity index (χ3v) is 8.57. The van der Waals surface area contributed by atoms with Crippen LogP contribution in [0.1, 0.15) is 114 Å². The fourth-order valence-electron chi connectivity index (χ4n) is 6.91. The average molecular weight is 403 g/mol. The molecule has 162 valence electrons. The van der Waals surface area contributed by atoms with Crippen LogP contribution in [0.4, 0.5) is 8.78 Å². The number of halogens is 2. The summed E-state index contributed by atoms with van der Waals surface area (Å²) in [6, 6.07) is 2.08. The van der Waals surface area contributed by atoms with Gasteiger partial charge in [-0.25, -0.2) is 8.78 Å². The van der Waals surface area contributed by atoms with Crippen molar-refractivity contribution in [3.63, 3.8) is 0 Å². The van der Waals surface area contributed by atoms with Crippen molar-refractivity contribution in [2.24, 2.45) is 23.7 Å². The zero-order chi connectivity index (χ0) is 20.4. The Morgan fingerprint density at radius 1 is 0.828 bits per heavy atom. The standard InChI is InChI=1S/C27H40F2/c1-3-5-7-19-8-10-21-16-22(13-12-20(21)14-19)25-17-23-11-9-18(6-4-2)15-24(23)26(28)27(25)29/h17-22H,3-16H2,1-2H3. The van der Waals surface area contributed by atoms with Crippen molar-refractivity contribution in [3.05, 3.63) is 34.4 Å². The van der Waals surface area contributed by atoms with E-state index in [1.165, 1.54) is 44.9 Å². The molecule has 2 saturated carbocycles. The minimum atomic E-state index is -0.513. The minimum absolute atomic E-state index is 0.233. The average Bonchev–Trinajstić information content (AvgIpc) is 2.75. The van der Waals surface area contributed by atoms with Gasteiger partial charge in [0.2, 0.25) is 0 Å². The van der Waals surface area contributed by atoms with Crippen LogP contribution in [0.2, 0.25) is 0 Å². The molecule has 0 amide bonds. The summed E-state index contributed by atoms with van der Waals surface area (Å²) in [4.78, 5) is 0. The number of benzene rings is 1. The van der Waals surface area contributed by atoms with Crippen molar-refractivity contribution >= 4 is 0 Å². The predicted molar refractivity (Wildman–Crippen MR) is 117 cm³/mol. The van der Waals surface area contributed by atoms with Crippen LogP contribution in [0, 0.1) is 35.3 Å². The van der Waals surface area contributed by atoms with Gasteiger partial charge in [-0.1, -0.05) is 58.4 Å². The Bertz CT molecular complexity index is 694. The normalized spacial score (nSPS) is 31.9. The van der Waals surface area contributed by atoms with Crippen molar-refractivity contribution < 1.29 is 8.78 Å². The first-order chi connectivity index (χ1) is 14.1. The van der Waals surface area contributed by atoms with Gasteiger partial charge in [0.15, 0.2) is 11.6 Å². The molecule has 0 N–H and O–H groups in total. The van der Waals surface area contributed by atoms with Gasteiger partial charge in [0.1, 0.15) is 0 Å². The summed E-state index contributed by atoms with van der Waals surface area (Å²) in [5.41, 5.74) is 2.51. The number of hydrogen-bond acceptors (Lipinski definition) is 0. The van der Waals surface area contributed by atoms with Crippen molar-refractivity contribution in [2.75, 3.05) is 0 Å². The Morgan fingerprint density at radius 2 is 1.62 bits per heavy atom. The van der Waals surface area contributed by atoms with Crippen molar-refractivity contribution in [3.8, 4) is 0 Å². The van der Waals surface area contributed by atoms with Crippen molar-refractivity contribution in [1.82, 2.24) is 0 Å². The molecule has 0 nitrogen and oxygen atoms in total. The van der Waals surface area contributed by atoms with Crippen LogP contribution < -0.4 is 0 Å². The third-order valence-electron chi connectivity index (χ3n) is 8.57. The van der Waals surface area contributed by atoms with Gasteiger partial charge in [0.25, 0.3) is 0 Å². The smallest absolute Gasteiger partial charge is 0.162 e. The molecule has 0 spiro atoms. The molecule has 1 aromatic rings. The summed E-state index contributed by atoms with van der Waals surface area (Å²) >= 11 is 0. The molecule has 0 aromatic heterocycles. The van der Waals surface area contributed by atoms with Gasteiger partial charge < -0.3 is 0 Å². The summed E-state index contributed by atoms with van der Waals surface area (Å²) in [5, 5.41) is 0. The zero-order valence-electron chi connectivity index (χ0n) is 18.6. The van der Waals surface area contributed by atoms with Crippen LogP contribution in [-0.2, 0) is 12.8 Å². The van der Waals surface area contributed by atoms with Gasteiger partial charge in [-0.3, -0.25) is 0 Å². The maximum absolute atomic E-state index is 15.1. The molecule has 2 heteroatoms. The lowest BCUT2D eigenvalue weighted by atomic mass is 9.63. The predicted octanol–water partition coefficient (Wildman–Crippen LogP) is 8.36. The molecule has 0 bridgehead atoms. The number of hydrogen-bond donors (Lipinski definition) is 0. The van der Waals surface area contributed by atoms with E-state index in [-0.39, 0.29) is 5.92 Å². The Morgan fingerprint density at radius 3 is 2.41 bits per heavy atom. The Hall–Kier alpha value is -0.920. The van der Waals surface area contributed by atoms with Crippen molar-refractivity contribution in [1.29, 1.82) is 0 Å². The second-order valence-corrected chi connectivity index (χ2v) is 10.5. The first kappa shape index (κ1) is 21.3. The van der Waals surface area contributed by atoms with Gasteiger partial charge in [0.05, 0.1) is 0 Å². The summed E-state index contributed by atoms with van der Waals surface area (Å²) < 4.78 is 30.2. The number of unbranched alkanes of at least 4 members (excludes halogenated alkanes) is 1. The molecule has 0 radical (unpaired) electrons. The van der Waals surface area contributed by atoms with Gasteiger partial charge >= 0.3 is 0 Å².